The van der Waals surface area contributed by atoms with Crippen molar-refractivity contribution in [2.45, 2.75) is 26.9 Å². The molecule has 1 N–H and O–H groups in total. The molecule has 0 aliphatic carbocycles. The summed E-state index contributed by atoms with van der Waals surface area (Å²) in [6.45, 7) is 3.30. The Morgan fingerprint density at radius 3 is 2.70 bits per heavy atom. The van der Waals surface area contributed by atoms with Crippen LogP contribution < -0.4 is 10.9 Å². The highest BCUT2D eigenvalue weighted by atomic mass is 35.5. The Labute approximate surface area is 219 Å². The van der Waals surface area contributed by atoms with Crippen LogP contribution >= 0.6 is 22.9 Å². The highest BCUT2D eigenvalue weighted by molar-refractivity contribution is 7.16. The third kappa shape index (κ3) is 5.71. The molecule has 13 heteroatoms. The molecule has 0 amide bonds. The molecule has 4 aromatic rings. The second-order valence-electron chi connectivity index (χ2n) is 8.76. The summed E-state index contributed by atoms with van der Waals surface area (Å²) >= 11 is 7.39. The fourth-order valence-corrected chi connectivity index (χ4v) is 4.68. The average Bonchev–Trinajstić information content (AvgIpc) is 3.61. The van der Waals surface area contributed by atoms with E-state index in [1.807, 2.05) is 6.07 Å². The van der Waals surface area contributed by atoms with Crippen molar-refractivity contribution >= 4 is 40.4 Å². The van der Waals surface area contributed by atoms with Crippen molar-refractivity contribution in [2.24, 2.45) is 5.41 Å². The molecule has 0 radical (unpaired) electrons. The van der Waals surface area contributed by atoms with Gasteiger partial charge in [0, 0.05) is 24.1 Å². The molecular weight excluding hydrogens is 525 g/mol. The van der Waals surface area contributed by atoms with Gasteiger partial charge in [0.2, 0.25) is 5.78 Å². The first-order valence-electron chi connectivity index (χ1n) is 11.0. The summed E-state index contributed by atoms with van der Waals surface area (Å²) in [6.07, 6.45) is 2.22. The largest absolute Gasteiger partial charge is 0.451 e. The number of methoxy groups -OCH3 is 1. The number of oxazole rings is 1. The second kappa shape index (κ2) is 10.8. The molecule has 10 nitrogen and oxygen atoms in total. The summed E-state index contributed by atoms with van der Waals surface area (Å²) in [5, 5.41) is 7.50. The zero-order chi connectivity index (χ0) is 26.7. The normalized spacial score (nSPS) is 11.6. The Hall–Kier alpha value is -3.61. The van der Waals surface area contributed by atoms with Crippen LogP contribution in [0.5, 0.6) is 0 Å². The SMILES string of the molecule is COCC(C)(C)C(=O)n1nc(-c2c(F)ccc(=O)n2CC(=O)c2cocn2)cc1NCc1ccc(Cl)s1. The highest BCUT2D eigenvalue weighted by Crippen LogP contribution is 2.29. The molecule has 0 unspecified atom stereocenters. The number of thiophene rings is 1. The zero-order valence-corrected chi connectivity index (χ0v) is 21.7. The van der Waals surface area contributed by atoms with E-state index in [2.05, 4.69) is 15.4 Å². The molecule has 0 bridgehead atoms. The number of hydrogen-bond donors (Lipinski definition) is 1. The smallest absolute Gasteiger partial charge is 0.256 e. The first-order chi connectivity index (χ1) is 17.6. The van der Waals surface area contributed by atoms with E-state index in [0.717, 1.165) is 38.9 Å². The van der Waals surface area contributed by atoms with Crippen LogP contribution in [0.1, 0.15) is 34.0 Å². The lowest BCUT2D eigenvalue weighted by Gasteiger charge is -2.22. The molecule has 0 saturated carbocycles. The van der Waals surface area contributed by atoms with Gasteiger partial charge < -0.3 is 14.5 Å². The number of ketones is 1. The molecule has 0 aliphatic rings. The Bertz CT molecular complexity index is 1490. The van der Waals surface area contributed by atoms with Crippen LogP contribution in [0.15, 0.2) is 52.2 Å². The first-order valence-corrected chi connectivity index (χ1v) is 12.2. The number of ether oxygens (including phenoxy) is 1. The Morgan fingerprint density at radius 1 is 1.27 bits per heavy atom. The van der Waals surface area contributed by atoms with E-state index in [9.17, 15) is 14.4 Å². The standard InChI is InChI=1S/C24H23ClFN5O5S/c1-24(2,12-35-3)23(34)31-20(27-9-14-4-6-19(25)37-14)8-16(29-31)22-15(26)5-7-21(33)30(22)10-18(32)17-11-36-13-28-17/h4-8,11,13,27H,9-10,12H2,1-3H3. The fraction of sp³-hybridized carbons (Fsp3) is 0.292. The van der Waals surface area contributed by atoms with Crippen LogP contribution in [0.4, 0.5) is 10.2 Å². The van der Waals surface area contributed by atoms with Gasteiger partial charge in [-0.15, -0.1) is 11.3 Å². The summed E-state index contributed by atoms with van der Waals surface area (Å²) in [5.74, 6) is -1.51. The number of anilines is 1. The Morgan fingerprint density at radius 2 is 2.05 bits per heavy atom. The minimum absolute atomic E-state index is 0.0129. The Kier molecular flexibility index (Phi) is 7.71. The van der Waals surface area contributed by atoms with E-state index in [0.29, 0.717) is 10.9 Å². The summed E-state index contributed by atoms with van der Waals surface area (Å²) in [4.78, 5) is 43.5. The van der Waals surface area contributed by atoms with Gasteiger partial charge in [0.15, 0.2) is 6.39 Å². The first kappa shape index (κ1) is 26.5. The molecule has 37 heavy (non-hydrogen) atoms. The number of nitrogens with one attached hydrogen (secondary N) is 1. The number of halogens is 2. The monoisotopic (exact) mass is 547 g/mol. The maximum Gasteiger partial charge on any atom is 0.256 e. The van der Waals surface area contributed by atoms with Crippen LogP contribution in [0, 0.1) is 11.2 Å². The summed E-state index contributed by atoms with van der Waals surface area (Å²) in [7, 11) is 1.48. The molecule has 0 saturated heterocycles. The highest BCUT2D eigenvalue weighted by Gasteiger charge is 2.32. The number of carbonyl (C=O) groups is 2. The lowest BCUT2D eigenvalue weighted by molar-refractivity contribution is 0.0529. The van der Waals surface area contributed by atoms with Gasteiger partial charge in [0.25, 0.3) is 11.5 Å². The van der Waals surface area contributed by atoms with Gasteiger partial charge in [-0.1, -0.05) is 11.6 Å². The maximum absolute atomic E-state index is 15.2. The van der Waals surface area contributed by atoms with Crippen molar-refractivity contribution in [3.63, 3.8) is 0 Å². The molecule has 0 aliphatic heterocycles. The Balaban J connectivity index is 1.79. The van der Waals surface area contributed by atoms with Crippen molar-refractivity contribution in [2.75, 3.05) is 19.0 Å². The number of Topliss-reactive ketones (excluding diaryl/α,β-unsaturated/α-hetero) is 1. The van der Waals surface area contributed by atoms with Crippen LogP contribution in [-0.4, -0.2) is 44.7 Å². The molecule has 0 aromatic carbocycles. The minimum atomic E-state index is -0.974. The van der Waals surface area contributed by atoms with E-state index >= 15 is 4.39 Å². The molecule has 194 valence electrons. The van der Waals surface area contributed by atoms with Crippen molar-refractivity contribution < 1.29 is 23.1 Å². The second-order valence-corrected chi connectivity index (χ2v) is 10.6. The zero-order valence-electron chi connectivity index (χ0n) is 20.2. The number of carbonyl (C=O) groups excluding carboxylic acids is 2. The van der Waals surface area contributed by atoms with Gasteiger partial charge in [-0.3, -0.25) is 19.0 Å². The fourth-order valence-electron chi connectivity index (χ4n) is 3.66. The summed E-state index contributed by atoms with van der Waals surface area (Å²) in [6, 6.07) is 7.04. The third-order valence-electron chi connectivity index (χ3n) is 5.46. The number of rotatable bonds is 10. The molecule has 0 fully saturated rings. The van der Waals surface area contributed by atoms with Crippen molar-refractivity contribution in [3.05, 3.63) is 74.1 Å². The molecule has 0 atom stereocenters. The van der Waals surface area contributed by atoms with Crippen LogP contribution in [0.2, 0.25) is 4.34 Å². The third-order valence-corrected chi connectivity index (χ3v) is 6.69. The molecule has 4 rings (SSSR count). The average molecular weight is 548 g/mol. The van der Waals surface area contributed by atoms with E-state index in [1.54, 1.807) is 19.9 Å². The van der Waals surface area contributed by atoms with E-state index in [-0.39, 0.29) is 29.5 Å². The van der Waals surface area contributed by atoms with Gasteiger partial charge in [0.1, 0.15) is 35.0 Å². The van der Waals surface area contributed by atoms with Gasteiger partial charge >= 0.3 is 0 Å². The van der Waals surface area contributed by atoms with Gasteiger partial charge in [-0.05, 0) is 32.0 Å². The number of aromatic nitrogens is 4. The lowest BCUT2D eigenvalue weighted by atomic mass is 9.94. The number of hydrogen-bond acceptors (Lipinski definition) is 9. The van der Waals surface area contributed by atoms with E-state index < -0.39 is 35.0 Å². The van der Waals surface area contributed by atoms with Crippen LogP contribution in [-0.2, 0) is 17.8 Å². The molecular formula is C24H23ClFN5O5S. The van der Waals surface area contributed by atoms with Crippen LogP contribution in [0.25, 0.3) is 11.4 Å². The maximum atomic E-state index is 15.2. The lowest BCUT2D eigenvalue weighted by Crippen LogP contribution is -2.35. The molecule has 4 aromatic heterocycles. The van der Waals surface area contributed by atoms with Gasteiger partial charge in [0.05, 0.1) is 29.4 Å². The molecule has 0 spiro atoms. The van der Waals surface area contributed by atoms with Gasteiger partial charge in [-0.25, -0.2) is 9.37 Å². The van der Waals surface area contributed by atoms with Crippen molar-refractivity contribution in [1.29, 1.82) is 0 Å². The van der Waals surface area contributed by atoms with Crippen LogP contribution in [0.3, 0.4) is 0 Å². The van der Waals surface area contributed by atoms with E-state index in [1.165, 1.54) is 24.5 Å². The predicted molar refractivity (Wildman–Crippen MR) is 136 cm³/mol. The predicted octanol–water partition coefficient (Wildman–Crippen LogP) is 4.36. The van der Waals surface area contributed by atoms with Crippen molar-refractivity contribution in [1.82, 2.24) is 19.3 Å². The summed E-state index contributed by atoms with van der Waals surface area (Å²) in [5.41, 5.74) is -1.88. The number of pyridine rings is 1. The summed E-state index contributed by atoms with van der Waals surface area (Å²) < 4.78 is 27.9. The van der Waals surface area contributed by atoms with Gasteiger partial charge in [-0.2, -0.15) is 9.78 Å². The minimum Gasteiger partial charge on any atom is -0.451 e. The quantitative estimate of drug-likeness (QED) is 0.291. The number of nitrogens with zero attached hydrogens (tertiary/aromatic N) is 4. The van der Waals surface area contributed by atoms with E-state index in [4.69, 9.17) is 20.8 Å². The van der Waals surface area contributed by atoms with Crippen molar-refractivity contribution in [3.8, 4) is 11.4 Å². The molecule has 4 heterocycles. The topological polar surface area (TPSA) is 121 Å².